The van der Waals surface area contributed by atoms with Gasteiger partial charge in [0.05, 0.1) is 17.7 Å². The Balaban J connectivity index is 1.95. The van der Waals surface area contributed by atoms with Gasteiger partial charge in [0, 0.05) is 0 Å². The van der Waals surface area contributed by atoms with Crippen LogP contribution in [0, 0.1) is 18.3 Å². The number of nitrogens with two attached hydrogens (primary N) is 1. The van der Waals surface area contributed by atoms with Crippen LogP contribution in [0.15, 0.2) is 58.5 Å². The molecule has 3 N–H and O–H groups in total. The fourth-order valence-corrected chi connectivity index (χ4v) is 2.95. The first kappa shape index (κ1) is 14.2. The Labute approximate surface area is 138 Å². The van der Waals surface area contributed by atoms with Gasteiger partial charge in [-0.1, -0.05) is 29.8 Å². The third kappa shape index (κ3) is 2.07. The van der Waals surface area contributed by atoms with Crippen LogP contribution in [-0.4, -0.2) is 10.2 Å². The van der Waals surface area contributed by atoms with E-state index in [2.05, 4.69) is 16.3 Å². The van der Waals surface area contributed by atoms with Gasteiger partial charge in [-0.2, -0.15) is 5.26 Å². The zero-order valence-electron chi connectivity index (χ0n) is 12.9. The summed E-state index contributed by atoms with van der Waals surface area (Å²) in [6.07, 6.45) is 1.59. The van der Waals surface area contributed by atoms with Gasteiger partial charge in [0.2, 0.25) is 11.8 Å². The van der Waals surface area contributed by atoms with Gasteiger partial charge in [0.1, 0.15) is 17.3 Å². The van der Waals surface area contributed by atoms with Crippen molar-refractivity contribution < 1.29 is 9.15 Å². The number of H-pyrrole nitrogens is 1. The maximum atomic E-state index is 9.61. The topological polar surface area (TPSA) is 101 Å². The molecule has 4 rings (SSSR count). The number of nitriles is 1. The summed E-state index contributed by atoms with van der Waals surface area (Å²) in [4.78, 5) is 0. The highest BCUT2D eigenvalue weighted by Gasteiger charge is 2.36. The van der Waals surface area contributed by atoms with Crippen LogP contribution in [0.2, 0.25) is 0 Å². The van der Waals surface area contributed by atoms with Gasteiger partial charge in [-0.15, -0.1) is 5.10 Å². The van der Waals surface area contributed by atoms with Gasteiger partial charge in [-0.05, 0) is 24.6 Å². The number of fused-ring (bicyclic) bond motifs is 1. The first-order valence-electron chi connectivity index (χ1n) is 7.45. The fourth-order valence-electron chi connectivity index (χ4n) is 2.95. The minimum Gasteiger partial charge on any atom is -0.463 e. The van der Waals surface area contributed by atoms with Crippen molar-refractivity contribution in [3.8, 4) is 23.4 Å². The lowest BCUT2D eigenvalue weighted by Crippen LogP contribution is -2.20. The molecule has 3 heterocycles. The highest BCUT2D eigenvalue weighted by molar-refractivity contribution is 5.67. The molecule has 0 fully saturated rings. The Morgan fingerprint density at radius 1 is 1.25 bits per heavy atom. The molecule has 0 amide bonds. The lowest BCUT2D eigenvalue weighted by atomic mass is 9.83. The molecule has 1 atom stereocenters. The Morgan fingerprint density at radius 2 is 2.04 bits per heavy atom. The molecule has 1 aliphatic heterocycles. The van der Waals surface area contributed by atoms with Crippen molar-refractivity contribution in [2.45, 2.75) is 12.8 Å². The summed E-state index contributed by atoms with van der Waals surface area (Å²) in [5, 5.41) is 16.7. The van der Waals surface area contributed by atoms with E-state index in [9.17, 15) is 5.26 Å². The van der Waals surface area contributed by atoms with E-state index in [0.29, 0.717) is 22.9 Å². The summed E-state index contributed by atoms with van der Waals surface area (Å²) in [6, 6.07) is 13.8. The fraction of sp³-hybridized carbons (Fsp3) is 0.111. The number of hydrogen-bond acceptors (Lipinski definition) is 5. The van der Waals surface area contributed by atoms with E-state index in [4.69, 9.17) is 14.9 Å². The normalized spacial score (nSPS) is 16.4. The van der Waals surface area contributed by atoms with Crippen molar-refractivity contribution in [1.29, 1.82) is 5.26 Å². The van der Waals surface area contributed by atoms with E-state index in [1.165, 1.54) is 0 Å². The molecule has 1 unspecified atom stereocenters. The van der Waals surface area contributed by atoms with E-state index >= 15 is 0 Å². The first-order chi connectivity index (χ1) is 11.7. The molecule has 6 nitrogen and oxygen atoms in total. The van der Waals surface area contributed by atoms with Crippen LogP contribution in [0.5, 0.6) is 5.88 Å². The number of rotatable bonds is 2. The number of aryl methyl sites for hydroxylation is 1. The second-order valence-electron chi connectivity index (χ2n) is 5.63. The molecule has 0 saturated heterocycles. The van der Waals surface area contributed by atoms with E-state index < -0.39 is 0 Å². The van der Waals surface area contributed by atoms with Gasteiger partial charge in [0.15, 0.2) is 5.76 Å². The van der Waals surface area contributed by atoms with Crippen LogP contribution >= 0.6 is 0 Å². The largest absolute Gasteiger partial charge is 0.463 e. The molecule has 2 aromatic heterocycles. The molecule has 3 aromatic rings. The van der Waals surface area contributed by atoms with Crippen molar-refractivity contribution in [3.63, 3.8) is 0 Å². The average molecular weight is 318 g/mol. The molecule has 24 heavy (non-hydrogen) atoms. The first-order valence-corrected chi connectivity index (χ1v) is 7.45. The average Bonchev–Trinajstić information content (AvgIpc) is 3.23. The highest BCUT2D eigenvalue weighted by Crippen LogP contribution is 2.45. The second kappa shape index (κ2) is 5.32. The number of allylic oxidation sites excluding steroid dienone is 1. The van der Waals surface area contributed by atoms with Crippen molar-refractivity contribution in [2.75, 3.05) is 0 Å². The third-order valence-corrected chi connectivity index (χ3v) is 4.12. The number of aromatic nitrogens is 2. The number of hydrogen-bond donors (Lipinski definition) is 2. The summed E-state index contributed by atoms with van der Waals surface area (Å²) >= 11 is 0. The van der Waals surface area contributed by atoms with Crippen LogP contribution < -0.4 is 10.5 Å². The molecule has 0 radical (unpaired) electrons. The summed E-state index contributed by atoms with van der Waals surface area (Å²) in [5.74, 6) is 0.706. The Morgan fingerprint density at radius 3 is 2.71 bits per heavy atom. The Hall–Kier alpha value is -3.46. The van der Waals surface area contributed by atoms with Gasteiger partial charge < -0.3 is 14.9 Å². The zero-order chi connectivity index (χ0) is 16.7. The maximum Gasteiger partial charge on any atom is 0.244 e. The summed E-state index contributed by atoms with van der Waals surface area (Å²) in [7, 11) is 0. The zero-order valence-corrected chi connectivity index (χ0v) is 12.9. The molecule has 0 spiro atoms. The van der Waals surface area contributed by atoms with E-state index in [0.717, 1.165) is 16.7 Å². The Bertz CT molecular complexity index is 960. The maximum absolute atomic E-state index is 9.61. The van der Waals surface area contributed by atoms with Crippen LogP contribution in [-0.2, 0) is 0 Å². The second-order valence-corrected chi connectivity index (χ2v) is 5.63. The number of nitrogens with zero attached hydrogens (tertiary/aromatic N) is 2. The predicted molar refractivity (Wildman–Crippen MR) is 86.8 cm³/mol. The quantitative estimate of drug-likeness (QED) is 0.755. The SMILES string of the molecule is Cc1ccc(C2C(C#N)=C(N)Oc3n[nH]c(-c4ccco4)c32)cc1. The summed E-state index contributed by atoms with van der Waals surface area (Å²) in [6.45, 7) is 2.01. The van der Waals surface area contributed by atoms with E-state index in [1.807, 2.05) is 37.3 Å². The van der Waals surface area contributed by atoms with Gasteiger partial charge in [0.25, 0.3) is 0 Å². The number of ether oxygens (including phenoxy) is 1. The van der Waals surface area contributed by atoms with Gasteiger partial charge in [-0.3, -0.25) is 5.10 Å². The number of furan rings is 1. The molecule has 1 aromatic carbocycles. The van der Waals surface area contributed by atoms with Gasteiger partial charge >= 0.3 is 0 Å². The number of benzene rings is 1. The number of aromatic amines is 1. The Kier molecular flexibility index (Phi) is 3.14. The smallest absolute Gasteiger partial charge is 0.244 e. The molecular weight excluding hydrogens is 304 g/mol. The summed E-state index contributed by atoms with van der Waals surface area (Å²) < 4.78 is 11.0. The summed E-state index contributed by atoms with van der Waals surface area (Å²) in [5.41, 5.74) is 9.82. The molecule has 0 saturated carbocycles. The molecule has 0 aliphatic carbocycles. The minimum atomic E-state index is -0.363. The van der Waals surface area contributed by atoms with Crippen LogP contribution in [0.25, 0.3) is 11.5 Å². The third-order valence-electron chi connectivity index (χ3n) is 4.12. The van der Waals surface area contributed by atoms with Crippen molar-refractivity contribution in [3.05, 3.63) is 70.8 Å². The lowest BCUT2D eigenvalue weighted by Gasteiger charge is -2.23. The monoisotopic (exact) mass is 318 g/mol. The van der Waals surface area contributed by atoms with Crippen molar-refractivity contribution in [1.82, 2.24) is 10.2 Å². The number of nitrogens with one attached hydrogen (secondary N) is 1. The van der Waals surface area contributed by atoms with Crippen LogP contribution in [0.1, 0.15) is 22.6 Å². The molecule has 118 valence electrons. The van der Waals surface area contributed by atoms with E-state index in [1.54, 1.807) is 12.3 Å². The molecule has 6 heteroatoms. The predicted octanol–water partition coefficient (Wildman–Crippen LogP) is 3.20. The van der Waals surface area contributed by atoms with Crippen LogP contribution in [0.4, 0.5) is 0 Å². The molecular formula is C18H14N4O2. The van der Waals surface area contributed by atoms with E-state index in [-0.39, 0.29) is 11.8 Å². The van der Waals surface area contributed by atoms with Crippen molar-refractivity contribution in [2.24, 2.45) is 5.73 Å². The lowest BCUT2D eigenvalue weighted by molar-refractivity contribution is 0.379. The molecule has 0 bridgehead atoms. The standard InChI is InChI=1S/C18H14N4O2/c1-10-4-6-11(7-5-10)14-12(9-19)17(20)24-18-15(14)16(21-22-18)13-3-2-8-23-13/h2-8,14H,20H2,1H3,(H,21,22). The highest BCUT2D eigenvalue weighted by atomic mass is 16.5. The molecule has 1 aliphatic rings. The van der Waals surface area contributed by atoms with Crippen LogP contribution in [0.3, 0.4) is 0 Å². The van der Waals surface area contributed by atoms with Crippen molar-refractivity contribution >= 4 is 0 Å². The minimum absolute atomic E-state index is 0.0769. The van der Waals surface area contributed by atoms with Gasteiger partial charge in [-0.25, -0.2) is 0 Å².